The van der Waals surface area contributed by atoms with Crippen molar-refractivity contribution in [3.05, 3.63) is 35.6 Å². The van der Waals surface area contributed by atoms with Crippen molar-refractivity contribution in [2.75, 3.05) is 26.3 Å². The number of rotatable bonds is 8. The molecule has 2 fully saturated rings. The number of esters is 1. The van der Waals surface area contributed by atoms with Gasteiger partial charge in [0.05, 0.1) is 18.1 Å². The highest BCUT2D eigenvalue weighted by Gasteiger charge is 2.45. The molecule has 1 atom stereocenters. The number of carbonyl (C=O) groups excluding carboxylic acids is 3. The molecule has 2 aliphatic rings. The number of piperidine rings is 1. The molecule has 170 valence electrons. The van der Waals surface area contributed by atoms with Crippen molar-refractivity contribution >= 4 is 17.7 Å². The fourth-order valence-electron chi connectivity index (χ4n) is 4.52. The fraction of sp³-hybridized carbons (Fsp3) is 0.625. The third-order valence-corrected chi connectivity index (χ3v) is 6.41. The molecule has 0 N–H and O–H groups in total. The van der Waals surface area contributed by atoms with Gasteiger partial charge in [-0.1, -0.05) is 0 Å². The van der Waals surface area contributed by atoms with Crippen molar-refractivity contribution in [2.45, 2.75) is 64.4 Å². The Labute approximate surface area is 183 Å². The molecule has 0 saturated carbocycles. The lowest BCUT2D eigenvalue weighted by Crippen LogP contribution is -2.49. The second-order valence-corrected chi connectivity index (χ2v) is 8.50. The maximum atomic E-state index is 13.0. The van der Waals surface area contributed by atoms with Gasteiger partial charge in [0.2, 0.25) is 5.91 Å². The molecule has 0 aromatic heterocycles. The maximum Gasteiger partial charge on any atom is 0.312 e. The highest BCUT2D eigenvalue weighted by atomic mass is 19.1. The number of Topliss-reactive ketones (excluding diaryl/α,β-unsaturated/α-hetero) is 1. The van der Waals surface area contributed by atoms with E-state index in [1.54, 1.807) is 11.8 Å². The molecule has 6 nitrogen and oxygen atoms in total. The van der Waals surface area contributed by atoms with Crippen LogP contribution in [0.5, 0.6) is 0 Å². The summed E-state index contributed by atoms with van der Waals surface area (Å²) >= 11 is 0. The molecule has 1 aromatic rings. The number of likely N-dealkylation sites (tertiary alicyclic amines) is 1. The molecular weight excluding hydrogens is 401 g/mol. The summed E-state index contributed by atoms with van der Waals surface area (Å²) in [6, 6.07) is 5.35. The van der Waals surface area contributed by atoms with Gasteiger partial charge in [0.25, 0.3) is 0 Å². The van der Waals surface area contributed by atoms with Gasteiger partial charge >= 0.3 is 5.97 Å². The number of benzene rings is 1. The van der Waals surface area contributed by atoms with E-state index in [-0.39, 0.29) is 36.6 Å². The van der Waals surface area contributed by atoms with Crippen LogP contribution < -0.4 is 0 Å². The lowest BCUT2D eigenvalue weighted by atomic mass is 9.73. The van der Waals surface area contributed by atoms with E-state index in [4.69, 9.17) is 9.47 Å². The summed E-state index contributed by atoms with van der Waals surface area (Å²) in [6.07, 6.45) is 5.10. The van der Waals surface area contributed by atoms with Crippen molar-refractivity contribution in [3.8, 4) is 0 Å². The van der Waals surface area contributed by atoms with Crippen LogP contribution in [0, 0.1) is 11.2 Å². The monoisotopic (exact) mass is 433 g/mol. The van der Waals surface area contributed by atoms with Gasteiger partial charge in [-0.05, 0) is 69.7 Å². The Kier molecular flexibility index (Phi) is 8.18. The molecule has 0 bridgehead atoms. The van der Waals surface area contributed by atoms with Crippen LogP contribution in [-0.2, 0) is 19.1 Å². The lowest BCUT2D eigenvalue weighted by molar-refractivity contribution is -0.164. The second-order valence-electron chi connectivity index (χ2n) is 8.50. The SMILES string of the molecule is CCOC(=O)C1(C[C@@H]2CCCCO2)CCN(C(=O)CCC(=O)c2ccc(F)cc2)CC1. The minimum Gasteiger partial charge on any atom is -0.466 e. The van der Waals surface area contributed by atoms with E-state index in [0.29, 0.717) is 44.5 Å². The molecule has 1 aromatic carbocycles. The van der Waals surface area contributed by atoms with Crippen molar-refractivity contribution in [2.24, 2.45) is 5.41 Å². The van der Waals surface area contributed by atoms with Crippen LogP contribution in [-0.4, -0.2) is 55.0 Å². The zero-order chi connectivity index (χ0) is 22.3. The maximum absolute atomic E-state index is 13.0. The predicted octanol–water partition coefficient (Wildman–Crippen LogP) is 3.92. The molecule has 0 unspecified atom stereocenters. The zero-order valence-electron chi connectivity index (χ0n) is 18.2. The number of carbonyl (C=O) groups is 3. The third kappa shape index (κ3) is 6.12. The van der Waals surface area contributed by atoms with E-state index in [0.717, 1.165) is 25.9 Å². The fourth-order valence-corrected chi connectivity index (χ4v) is 4.52. The quantitative estimate of drug-likeness (QED) is 0.459. The van der Waals surface area contributed by atoms with Gasteiger partial charge in [-0.2, -0.15) is 0 Å². The van der Waals surface area contributed by atoms with Gasteiger partial charge in [-0.3, -0.25) is 14.4 Å². The highest BCUT2D eigenvalue weighted by molar-refractivity contribution is 5.97. The first-order valence-corrected chi connectivity index (χ1v) is 11.3. The number of halogens is 1. The predicted molar refractivity (Wildman–Crippen MR) is 113 cm³/mol. The second kappa shape index (κ2) is 10.8. The van der Waals surface area contributed by atoms with Crippen molar-refractivity contribution in [1.29, 1.82) is 0 Å². The normalized spacial score (nSPS) is 20.8. The standard InChI is InChI=1S/C24H32FNO5/c1-2-30-23(29)24(17-20-5-3-4-16-31-20)12-14-26(15-13-24)22(28)11-10-21(27)18-6-8-19(25)9-7-18/h6-9,20H,2-5,10-17H2,1H3/t20-/m0/s1. The van der Waals surface area contributed by atoms with Gasteiger partial charge in [-0.15, -0.1) is 0 Å². The summed E-state index contributed by atoms with van der Waals surface area (Å²) in [6.45, 7) is 3.81. The van der Waals surface area contributed by atoms with Gasteiger partial charge < -0.3 is 14.4 Å². The molecule has 31 heavy (non-hydrogen) atoms. The Morgan fingerprint density at radius 3 is 2.45 bits per heavy atom. The number of hydrogen-bond donors (Lipinski definition) is 0. The molecule has 0 aliphatic carbocycles. The van der Waals surface area contributed by atoms with Crippen LogP contribution in [0.1, 0.15) is 68.6 Å². The average Bonchev–Trinajstić information content (AvgIpc) is 2.79. The molecule has 0 spiro atoms. The molecule has 2 aliphatic heterocycles. The first kappa shape index (κ1) is 23.4. The van der Waals surface area contributed by atoms with Crippen LogP contribution in [0.4, 0.5) is 4.39 Å². The van der Waals surface area contributed by atoms with Crippen molar-refractivity contribution in [1.82, 2.24) is 4.90 Å². The Morgan fingerprint density at radius 1 is 1.13 bits per heavy atom. The summed E-state index contributed by atoms with van der Waals surface area (Å²) in [5.74, 6) is -0.866. The van der Waals surface area contributed by atoms with E-state index >= 15 is 0 Å². The number of hydrogen-bond acceptors (Lipinski definition) is 5. The summed E-state index contributed by atoms with van der Waals surface area (Å²) in [4.78, 5) is 39.5. The Bertz CT molecular complexity index is 765. The number of ketones is 1. The van der Waals surface area contributed by atoms with Gasteiger partial charge in [-0.25, -0.2) is 4.39 Å². The van der Waals surface area contributed by atoms with Gasteiger partial charge in [0.1, 0.15) is 5.82 Å². The lowest BCUT2D eigenvalue weighted by Gasteiger charge is -2.42. The van der Waals surface area contributed by atoms with Crippen LogP contribution in [0.3, 0.4) is 0 Å². The van der Waals surface area contributed by atoms with Crippen LogP contribution >= 0.6 is 0 Å². The number of amides is 1. The van der Waals surface area contributed by atoms with Gasteiger partial charge in [0, 0.05) is 38.1 Å². The van der Waals surface area contributed by atoms with Gasteiger partial charge in [0.15, 0.2) is 5.78 Å². The third-order valence-electron chi connectivity index (χ3n) is 6.41. The Morgan fingerprint density at radius 2 is 1.84 bits per heavy atom. The molecule has 3 rings (SSSR count). The summed E-state index contributed by atoms with van der Waals surface area (Å²) in [5.41, 5.74) is -0.208. The molecule has 1 amide bonds. The minimum absolute atomic E-state index is 0.0636. The van der Waals surface area contributed by atoms with Crippen LogP contribution in [0.15, 0.2) is 24.3 Å². The largest absolute Gasteiger partial charge is 0.466 e. The first-order chi connectivity index (χ1) is 14.9. The minimum atomic E-state index is -0.612. The molecule has 0 radical (unpaired) electrons. The Hall–Kier alpha value is -2.28. The molecular formula is C24H32FNO5. The van der Waals surface area contributed by atoms with E-state index in [1.807, 2.05) is 0 Å². The van der Waals surface area contributed by atoms with E-state index in [1.165, 1.54) is 24.3 Å². The van der Waals surface area contributed by atoms with Crippen molar-refractivity contribution in [3.63, 3.8) is 0 Å². The summed E-state index contributed by atoms with van der Waals surface area (Å²) in [5, 5.41) is 0. The number of nitrogens with zero attached hydrogens (tertiary/aromatic N) is 1. The van der Waals surface area contributed by atoms with Crippen LogP contribution in [0.2, 0.25) is 0 Å². The smallest absolute Gasteiger partial charge is 0.312 e. The highest BCUT2D eigenvalue weighted by Crippen LogP contribution is 2.40. The first-order valence-electron chi connectivity index (χ1n) is 11.3. The summed E-state index contributed by atoms with van der Waals surface area (Å²) < 4.78 is 24.3. The van der Waals surface area contributed by atoms with E-state index in [9.17, 15) is 18.8 Å². The van der Waals surface area contributed by atoms with E-state index in [2.05, 4.69) is 0 Å². The average molecular weight is 434 g/mol. The van der Waals surface area contributed by atoms with Crippen molar-refractivity contribution < 1.29 is 28.2 Å². The molecule has 2 saturated heterocycles. The number of ether oxygens (including phenoxy) is 2. The Balaban J connectivity index is 1.54. The van der Waals surface area contributed by atoms with Crippen LogP contribution in [0.25, 0.3) is 0 Å². The molecule has 2 heterocycles. The zero-order valence-corrected chi connectivity index (χ0v) is 18.2. The van der Waals surface area contributed by atoms with E-state index < -0.39 is 11.2 Å². The summed E-state index contributed by atoms with van der Waals surface area (Å²) in [7, 11) is 0. The molecule has 7 heteroatoms. The topological polar surface area (TPSA) is 72.9 Å².